The fourth-order valence-electron chi connectivity index (χ4n) is 3.58. The maximum Gasteiger partial charge on any atom is 0.254 e. The van der Waals surface area contributed by atoms with Crippen molar-refractivity contribution in [3.05, 3.63) is 59.5 Å². The number of ether oxygens (including phenoxy) is 1. The van der Waals surface area contributed by atoms with E-state index < -0.39 is 5.54 Å². The Bertz CT molecular complexity index is 831. The Kier molecular flexibility index (Phi) is 6.98. The van der Waals surface area contributed by atoms with Crippen LogP contribution in [0.3, 0.4) is 0 Å². The van der Waals surface area contributed by atoms with Gasteiger partial charge in [0.15, 0.2) is 0 Å². The van der Waals surface area contributed by atoms with Crippen molar-refractivity contribution < 1.29 is 18.7 Å². The molecule has 6 nitrogen and oxygen atoms in total. The first-order chi connectivity index (χ1) is 14.2. The molecule has 0 aliphatic carbocycles. The van der Waals surface area contributed by atoms with Gasteiger partial charge in [-0.05, 0) is 64.8 Å². The van der Waals surface area contributed by atoms with Gasteiger partial charge in [0.05, 0.1) is 18.9 Å². The zero-order valence-electron chi connectivity index (χ0n) is 18.4. The molecule has 1 aliphatic rings. The van der Waals surface area contributed by atoms with E-state index in [1.54, 1.807) is 16.1 Å². The first-order valence-electron chi connectivity index (χ1n) is 10.5. The number of aryl methyl sites for hydroxylation is 1. The summed E-state index contributed by atoms with van der Waals surface area (Å²) in [7, 11) is 0. The van der Waals surface area contributed by atoms with Gasteiger partial charge in [0, 0.05) is 24.3 Å². The van der Waals surface area contributed by atoms with E-state index >= 15 is 0 Å². The Morgan fingerprint density at radius 3 is 2.43 bits per heavy atom. The predicted octanol–water partition coefficient (Wildman–Crippen LogP) is 4.04. The lowest BCUT2D eigenvalue weighted by Gasteiger charge is -2.37. The first-order valence-corrected chi connectivity index (χ1v) is 10.5. The number of carbonyl (C=O) groups excluding carboxylic acids is 2. The molecule has 1 fully saturated rings. The Morgan fingerprint density at radius 2 is 1.87 bits per heavy atom. The van der Waals surface area contributed by atoms with Gasteiger partial charge in [-0.2, -0.15) is 0 Å². The molecule has 0 unspecified atom stereocenters. The molecule has 2 aromatic rings. The van der Waals surface area contributed by atoms with Crippen LogP contribution in [0, 0.1) is 6.92 Å². The fraction of sp³-hybridized carbons (Fsp3) is 0.500. The van der Waals surface area contributed by atoms with Crippen LogP contribution in [0.2, 0.25) is 0 Å². The van der Waals surface area contributed by atoms with Gasteiger partial charge in [-0.15, -0.1) is 0 Å². The lowest BCUT2D eigenvalue weighted by atomic mass is 10.0. The summed E-state index contributed by atoms with van der Waals surface area (Å²) in [5.74, 6) is 0.455. The minimum Gasteiger partial charge on any atom is -0.467 e. The number of amides is 2. The predicted molar refractivity (Wildman–Crippen MR) is 115 cm³/mol. The highest BCUT2D eigenvalue weighted by Crippen LogP contribution is 2.20. The summed E-state index contributed by atoms with van der Waals surface area (Å²) in [4.78, 5) is 30.0. The number of carbonyl (C=O) groups is 2. The normalized spacial score (nSPS) is 16.5. The van der Waals surface area contributed by atoms with Crippen molar-refractivity contribution >= 4 is 11.8 Å². The van der Waals surface area contributed by atoms with Crippen molar-refractivity contribution in [1.82, 2.24) is 9.80 Å². The van der Waals surface area contributed by atoms with Crippen LogP contribution in [0.15, 0.2) is 47.1 Å². The van der Waals surface area contributed by atoms with Crippen molar-refractivity contribution in [2.24, 2.45) is 0 Å². The average Bonchev–Trinajstić information content (AvgIpc) is 3.39. The lowest BCUT2D eigenvalue weighted by molar-refractivity contribution is -0.135. The molecule has 0 bridgehead atoms. The van der Waals surface area contributed by atoms with E-state index in [4.69, 9.17) is 9.15 Å². The molecular weight excluding hydrogens is 380 g/mol. The highest BCUT2D eigenvalue weighted by Gasteiger charge is 2.32. The van der Waals surface area contributed by atoms with Gasteiger partial charge in [-0.1, -0.05) is 17.7 Å². The second-order valence-electron chi connectivity index (χ2n) is 8.92. The van der Waals surface area contributed by atoms with E-state index in [0.717, 1.165) is 25.0 Å². The highest BCUT2D eigenvalue weighted by atomic mass is 16.5. The van der Waals surface area contributed by atoms with Crippen LogP contribution in [-0.4, -0.2) is 53.0 Å². The first kappa shape index (κ1) is 22.1. The maximum atomic E-state index is 13.3. The van der Waals surface area contributed by atoms with E-state index in [1.807, 2.05) is 64.1 Å². The Morgan fingerprint density at radius 1 is 1.13 bits per heavy atom. The van der Waals surface area contributed by atoms with Crippen molar-refractivity contribution in [2.45, 2.75) is 58.7 Å². The standard InChI is InChI=1S/C24H32N2O4/c1-18-9-11-19(12-10-18)23(28)26(24(2,3)4)17-22(27)25(15-20-7-5-13-29-20)16-21-8-6-14-30-21/h5,7,9-13,21H,6,8,14-17H2,1-4H3/t21-/m1/s1. The third-order valence-electron chi connectivity index (χ3n) is 5.37. The lowest BCUT2D eigenvalue weighted by Crippen LogP contribution is -2.51. The Hall–Kier alpha value is -2.60. The van der Waals surface area contributed by atoms with Gasteiger partial charge in [-0.25, -0.2) is 0 Å². The number of benzene rings is 1. The molecule has 0 N–H and O–H groups in total. The minimum absolute atomic E-state index is 0.00361. The summed E-state index contributed by atoms with van der Waals surface area (Å²) in [6.07, 6.45) is 3.58. The second-order valence-corrected chi connectivity index (χ2v) is 8.92. The summed E-state index contributed by atoms with van der Waals surface area (Å²) < 4.78 is 11.2. The van der Waals surface area contributed by atoms with Crippen LogP contribution in [0.5, 0.6) is 0 Å². The zero-order chi connectivity index (χ0) is 21.7. The molecule has 1 atom stereocenters. The van der Waals surface area contributed by atoms with Crippen molar-refractivity contribution in [2.75, 3.05) is 19.7 Å². The van der Waals surface area contributed by atoms with Crippen molar-refractivity contribution in [3.63, 3.8) is 0 Å². The van der Waals surface area contributed by atoms with E-state index in [9.17, 15) is 9.59 Å². The van der Waals surface area contributed by atoms with Crippen LogP contribution >= 0.6 is 0 Å². The van der Waals surface area contributed by atoms with Crippen molar-refractivity contribution in [3.8, 4) is 0 Å². The average molecular weight is 413 g/mol. The van der Waals surface area contributed by atoms with Gasteiger partial charge in [0.25, 0.3) is 5.91 Å². The second kappa shape index (κ2) is 9.47. The minimum atomic E-state index is -0.502. The molecule has 1 aromatic heterocycles. The molecule has 1 aromatic carbocycles. The number of hydrogen-bond donors (Lipinski definition) is 0. The SMILES string of the molecule is Cc1ccc(C(=O)N(CC(=O)N(Cc2ccco2)C[C@H]2CCCO2)C(C)(C)C)cc1. The summed E-state index contributed by atoms with van der Waals surface area (Å²) >= 11 is 0. The topological polar surface area (TPSA) is 63.0 Å². The highest BCUT2D eigenvalue weighted by molar-refractivity contribution is 5.97. The van der Waals surface area contributed by atoms with E-state index in [-0.39, 0.29) is 24.5 Å². The van der Waals surface area contributed by atoms with E-state index in [2.05, 4.69) is 0 Å². The molecule has 1 aliphatic heterocycles. The largest absolute Gasteiger partial charge is 0.467 e. The van der Waals surface area contributed by atoms with E-state index in [1.165, 1.54) is 0 Å². The zero-order valence-corrected chi connectivity index (χ0v) is 18.4. The summed E-state index contributed by atoms with van der Waals surface area (Å²) in [5.41, 5.74) is 1.17. The molecule has 2 heterocycles. The van der Waals surface area contributed by atoms with Gasteiger partial charge in [0.2, 0.25) is 5.91 Å². The fourth-order valence-corrected chi connectivity index (χ4v) is 3.58. The molecular formula is C24H32N2O4. The molecule has 0 radical (unpaired) electrons. The molecule has 3 rings (SSSR count). The maximum absolute atomic E-state index is 13.3. The van der Waals surface area contributed by atoms with Gasteiger partial charge in [-0.3, -0.25) is 9.59 Å². The molecule has 30 heavy (non-hydrogen) atoms. The van der Waals surface area contributed by atoms with E-state index in [0.29, 0.717) is 24.4 Å². The molecule has 2 amide bonds. The number of hydrogen-bond acceptors (Lipinski definition) is 4. The smallest absolute Gasteiger partial charge is 0.254 e. The molecule has 0 saturated carbocycles. The summed E-state index contributed by atoms with van der Waals surface area (Å²) in [6, 6.07) is 11.1. The van der Waals surface area contributed by atoms with Crippen LogP contribution in [0.1, 0.15) is 55.3 Å². The van der Waals surface area contributed by atoms with Crippen molar-refractivity contribution in [1.29, 1.82) is 0 Å². The van der Waals surface area contributed by atoms with Crippen LogP contribution in [0.25, 0.3) is 0 Å². The molecule has 0 spiro atoms. The van der Waals surface area contributed by atoms with Gasteiger partial charge in [0.1, 0.15) is 12.3 Å². The monoisotopic (exact) mass is 412 g/mol. The number of nitrogens with zero attached hydrogens (tertiary/aromatic N) is 2. The summed E-state index contributed by atoms with van der Waals surface area (Å²) in [5, 5.41) is 0. The Balaban J connectivity index is 1.78. The van der Waals surface area contributed by atoms with Gasteiger partial charge >= 0.3 is 0 Å². The third-order valence-corrected chi connectivity index (χ3v) is 5.37. The molecule has 6 heteroatoms. The molecule has 1 saturated heterocycles. The van der Waals surface area contributed by atoms with Crippen LogP contribution in [0.4, 0.5) is 0 Å². The summed E-state index contributed by atoms with van der Waals surface area (Å²) in [6.45, 7) is 9.42. The third kappa shape index (κ3) is 5.72. The quantitative estimate of drug-likeness (QED) is 0.689. The van der Waals surface area contributed by atoms with Gasteiger partial charge < -0.3 is 19.0 Å². The number of furan rings is 1. The van der Waals surface area contributed by atoms with Crippen LogP contribution in [-0.2, 0) is 16.1 Å². The van der Waals surface area contributed by atoms with Crippen LogP contribution < -0.4 is 0 Å². The molecule has 162 valence electrons. The Labute approximate surface area is 178 Å². The number of rotatable bonds is 7.